The van der Waals surface area contributed by atoms with Crippen LogP contribution >= 0.6 is 11.6 Å². The van der Waals surface area contributed by atoms with Gasteiger partial charge < -0.3 is 14.4 Å². The smallest absolute Gasteiger partial charge is 0.296 e. The molecule has 5 rings (SSSR count). The topological polar surface area (TPSA) is 88.0 Å². The second-order valence-corrected chi connectivity index (χ2v) is 7.97. The maximum absolute atomic E-state index is 13.2. The molecule has 0 spiro atoms. The minimum Gasteiger partial charge on any atom is -0.505 e. The average Bonchev–Trinajstić information content (AvgIpc) is 3.46. The highest BCUT2D eigenvalue weighted by Crippen LogP contribution is 2.41. The molecule has 1 fully saturated rings. The van der Waals surface area contributed by atoms with Gasteiger partial charge in [0.2, 0.25) is 0 Å². The molecular weight excluding hydrogens is 430 g/mol. The zero-order chi connectivity index (χ0) is 22.4. The Bertz CT molecular complexity index is 1390. The van der Waals surface area contributed by atoms with E-state index in [1.807, 2.05) is 6.07 Å². The van der Waals surface area contributed by atoms with Gasteiger partial charge in [0.25, 0.3) is 11.7 Å². The van der Waals surface area contributed by atoms with E-state index in [0.29, 0.717) is 33.4 Å². The van der Waals surface area contributed by atoms with E-state index in [1.54, 1.807) is 66.1 Å². The van der Waals surface area contributed by atoms with Gasteiger partial charge in [-0.1, -0.05) is 29.8 Å². The number of hydrogen-bond donors (Lipinski definition) is 1. The molecule has 1 aromatic carbocycles. The zero-order valence-corrected chi connectivity index (χ0v) is 17.8. The van der Waals surface area contributed by atoms with Crippen LogP contribution in [0.1, 0.15) is 28.8 Å². The normalized spacial score (nSPS) is 18.1. The molecule has 1 atom stereocenters. The van der Waals surface area contributed by atoms with E-state index in [1.165, 1.54) is 11.2 Å². The van der Waals surface area contributed by atoms with Crippen molar-refractivity contribution in [1.29, 1.82) is 0 Å². The number of likely N-dealkylation sites (tertiary alicyclic amines) is 1. The Morgan fingerprint density at radius 2 is 2.00 bits per heavy atom. The first-order valence-corrected chi connectivity index (χ1v) is 10.3. The van der Waals surface area contributed by atoms with Gasteiger partial charge in [0.15, 0.2) is 5.76 Å². The summed E-state index contributed by atoms with van der Waals surface area (Å²) in [6, 6.07) is 14.9. The molecule has 1 aliphatic heterocycles. The molecule has 0 bridgehead atoms. The number of nitrogens with zero attached hydrogens (tertiary/aromatic N) is 3. The average molecular weight is 448 g/mol. The van der Waals surface area contributed by atoms with Crippen LogP contribution in [0.2, 0.25) is 5.02 Å². The SMILES string of the molecule is Cc1nc2ccccn2c1/C(O)=C1\C(=O)C(=O)N(Cc2ccco2)C1c1cccc(Cl)c1. The van der Waals surface area contributed by atoms with Gasteiger partial charge in [-0.3, -0.25) is 14.0 Å². The largest absolute Gasteiger partial charge is 0.505 e. The molecule has 0 saturated carbocycles. The van der Waals surface area contributed by atoms with Gasteiger partial charge in [0.1, 0.15) is 17.1 Å². The molecule has 0 radical (unpaired) electrons. The predicted octanol–water partition coefficient (Wildman–Crippen LogP) is 4.51. The molecule has 4 aromatic rings. The summed E-state index contributed by atoms with van der Waals surface area (Å²) in [6.07, 6.45) is 3.25. The Balaban J connectivity index is 1.74. The van der Waals surface area contributed by atoms with Crippen LogP contribution in [-0.4, -0.2) is 31.1 Å². The molecule has 0 aliphatic carbocycles. The fourth-order valence-electron chi connectivity index (χ4n) is 4.16. The van der Waals surface area contributed by atoms with Crippen molar-refractivity contribution in [2.24, 2.45) is 0 Å². The number of aliphatic hydroxyl groups excluding tert-OH is 1. The molecular formula is C24H18ClN3O4. The summed E-state index contributed by atoms with van der Waals surface area (Å²) < 4.78 is 7.10. The highest BCUT2D eigenvalue weighted by atomic mass is 35.5. The van der Waals surface area contributed by atoms with Gasteiger partial charge in [-0.05, 0) is 48.9 Å². The Morgan fingerprint density at radius 3 is 2.75 bits per heavy atom. The van der Waals surface area contributed by atoms with E-state index in [9.17, 15) is 14.7 Å². The molecule has 4 heterocycles. The zero-order valence-electron chi connectivity index (χ0n) is 17.0. The highest BCUT2D eigenvalue weighted by Gasteiger charge is 2.47. The molecule has 1 amide bonds. The van der Waals surface area contributed by atoms with Crippen molar-refractivity contribution < 1.29 is 19.1 Å². The number of rotatable bonds is 4. The van der Waals surface area contributed by atoms with Gasteiger partial charge in [0.05, 0.1) is 30.1 Å². The number of aliphatic hydroxyl groups is 1. The third-order valence-corrected chi connectivity index (χ3v) is 5.77. The van der Waals surface area contributed by atoms with E-state index in [0.717, 1.165) is 0 Å². The van der Waals surface area contributed by atoms with E-state index in [-0.39, 0.29) is 17.9 Å². The molecule has 7 nitrogen and oxygen atoms in total. The summed E-state index contributed by atoms with van der Waals surface area (Å²) in [5, 5.41) is 11.8. The highest BCUT2D eigenvalue weighted by molar-refractivity contribution is 6.46. The lowest BCUT2D eigenvalue weighted by Crippen LogP contribution is -2.29. The fraction of sp³-hybridized carbons (Fsp3) is 0.125. The quantitative estimate of drug-likeness (QED) is 0.282. The second kappa shape index (κ2) is 7.69. The first-order chi connectivity index (χ1) is 15.5. The Hall–Kier alpha value is -3.84. The van der Waals surface area contributed by atoms with Crippen LogP contribution in [-0.2, 0) is 16.1 Å². The summed E-state index contributed by atoms with van der Waals surface area (Å²) in [5.41, 5.74) is 2.11. The number of hydrogen-bond acceptors (Lipinski definition) is 5. The number of benzene rings is 1. The van der Waals surface area contributed by atoms with Crippen molar-refractivity contribution in [3.05, 3.63) is 100 Å². The van der Waals surface area contributed by atoms with E-state index >= 15 is 0 Å². The van der Waals surface area contributed by atoms with Crippen LogP contribution in [0.4, 0.5) is 0 Å². The monoisotopic (exact) mass is 447 g/mol. The summed E-state index contributed by atoms with van der Waals surface area (Å²) in [6.45, 7) is 1.81. The molecule has 3 aromatic heterocycles. The van der Waals surface area contributed by atoms with Gasteiger partial charge in [-0.25, -0.2) is 4.98 Å². The van der Waals surface area contributed by atoms with Crippen molar-refractivity contribution in [2.75, 3.05) is 0 Å². The number of fused-ring (bicyclic) bond motifs is 1. The van der Waals surface area contributed by atoms with Crippen LogP contribution in [0.25, 0.3) is 11.4 Å². The van der Waals surface area contributed by atoms with Crippen LogP contribution in [0.3, 0.4) is 0 Å². The number of furan rings is 1. The summed E-state index contributed by atoms with van der Waals surface area (Å²) in [4.78, 5) is 32.1. The predicted molar refractivity (Wildman–Crippen MR) is 118 cm³/mol. The van der Waals surface area contributed by atoms with Gasteiger partial charge in [0, 0.05) is 11.2 Å². The lowest BCUT2D eigenvalue weighted by molar-refractivity contribution is -0.140. The lowest BCUT2D eigenvalue weighted by atomic mass is 9.96. The van der Waals surface area contributed by atoms with Crippen molar-refractivity contribution in [3.8, 4) is 0 Å². The molecule has 8 heteroatoms. The van der Waals surface area contributed by atoms with Crippen LogP contribution in [0.15, 0.2) is 77.0 Å². The third-order valence-electron chi connectivity index (χ3n) is 5.54. The number of carbonyl (C=O) groups excluding carboxylic acids is 2. The van der Waals surface area contributed by atoms with Gasteiger partial charge in [-0.2, -0.15) is 0 Å². The first-order valence-electron chi connectivity index (χ1n) is 9.96. The first kappa shape index (κ1) is 20.1. The number of Topliss-reactive ketones (excluding diaryl/α,β-unsaturated/α-hetero) is 1. The van der Waals surface area contributed by atoms with Crippen LogP contribution in [0, 0.1) is 6.92 Å². The minimum absolute atomic E-state index is 0.0161. The number of aromatic nitrogens is 2. The molecule has 1 saturated heterocycles. The van der Waals surface area contributed by atoms with Gasteiger partial charge >= 0.3 is 0 Å². The molecule has 1 unspecified atom stereocenters. The van der Waals surface area contributed by atoms with Crippen molar-refractivity contribution in [1.82, 2.24) is 14.3 Å². The fourth-order valence-corrected chi connectivity index (χ4v) is 4.36. The summed E-state index contributed by atoms with van der Waals surface area (Å²) in [5.74, 6) is -1.26. The van der Waals surface area contributed by atoms with E-state index in [2.05, 4.69) is 4.98 Å². The molecule has 32 heavy (non-hydrogen) atoms. The second-order valence-electron chi connectivity index (χ2n) is 7.54. The third kappa shape index (κ3) is 3.18. The molecule has 160 valence electrons. The maximum atomic E-state index is 13.2. The molecule has 1 aliphatic rings. The van der Waals surface area contributed by atoms with Crippen molar-refractivity contribution >= 4 is 34.7 Å². The van der Waals surface area contributed by atoms with Crippen molar-refractivity contribution in [3.63, 3.8) is 0 Å². The minimum atomic E-state index is -0.840. The van der Waals surface area contributed by atoms with Crippen molar-refractivity contribution in [2.45, 2.75) is 19.5 Å². The summed E-state index contributed by atoms with van der Waals surface area (Å²) >= 11 is 6.22. The Morgan fingerprint density at radius 1 is 1.16 bits per heavy atom. The van der Waals surface area contributed by atoms with Crippen LogP contribution < -0.4 is 0 Å². The van der Waals surface area contributed by atoms with E-state index in [4.69, 9.17) is 16.0 Å². The summed E-state index contributed by atoms with van der Waals surface area (Å²) in [7, 11) is 0. The number of pyridine rings is 1. The number of amides is 1. The Kier molecular flexibility index (Phi) is 4.83. The number of imidazole rings is 1. The van der Waals surface area contributed by atoms with E-state index < -0.39 is 17.7 Å². The number of aryl methyl sites for hydroxylation is 1. The number of carbonyl (C=O) groups is 2. The van der Waals surface area contributed by atoms with Crippen LogP contribution in [0.5, 0.6) is 0 Å². The maximum Gasteiger partial charge on any atom is 0.296 e. The number of ketones is 1. The lowest BCUT2D eigenvalue weighted by Gasteiger charge is -2.24. The standard InChI is InChI=1S/C24H18ClN3O4/c1-14-20(27-10-3-2-9-18(27)26-14)22(29)19-21(15-6-4-7-16(25)12-15)28(24(31)23(19)30)13-17-8-5-11-32-17/h2-12,21,29H,13H2,1H3/b22-19+. The Labute approximate surface area is 188 Å². The van der Waals surface area contributed by atoms with Gasteiger partial charge in [-0.15, -0.1) is 0 Å². The molecule has 1 N–H and O–H groups in total. The number of halogens is 1.